The highest BCUT2D eigenvalue weighted by Gasteiger charge is 2.64. The lowest BCUT2D eigenvalue weighted by atomic mass is 9.89. The van der Waals surface area contributed by atoms with E-state index in [-0.39, 0.29) is 29.6 Å². The number of carbonyl (C=O) groups excluding carboxylic acids is 1. The Balaban J connectivity index is 1.60. The van der Waals surface area contributed by atoms with Gasteiger partial charge in [0.1, 0.15) is 6.04 Å². The van der Waals surface area contributed by atoms with E-state index in [4.69, 9.17) is 0 Å². The number of benzene rings is 1. The van der Waals surface area contributed by atoms with Crippen molar-refractivity contribution in [2.45, 2.75) is 49.9 Å². The molecule has 134 valence electrons. The van der Waals surface area contributed by atoms with Crippen molar-refractivity contribution in [2.24, 2.45) is 5.92 Å². The van der Waals surface area contributed by atoms with Gasteiger partial charge in [-0.25, -0.2) is 0 Å². The van der Waals surface area contributed by atoms with E-state index >= 15 is 0 Å². The van der Waals surface area contributed by atoms with Crippen molar-refractivity contribution in [1.82, 2.24) is 10.3 Å². The fourth-order valence-corrected chi connectivity index (χ4v) is 4.56. The Morgan fingerprint density at radius 3 is 2.80 bits per heavy atom. The van der Waals surface area contributed by atoms with E-state index in [9.17, 15) is 20.0 Å². The Morgan fingerprint density at radius 2 is 2.08 bits per heavy atom. The van der Waals surface area contributed by atoms with Gasteiger partial charge in [-0.1, -0.05) is 31.4 Å². The lowest BCUT2D eigenvalue weighted by Crippen LogP contribution is -2.93. The smallest absolute Gasteiger partial charge is 0.275 e. The van der Waals surface area contributed by atoms with Crippen LogP contribution in [0.5, 0.6) is 0 Å². The number of fused-ring (bicyclic) bond motifs is 1. The van der Waals surface area contributed by atoms with Gasteiger partial charge < -0.3 is 10.0 Å². The van der Waals surface area contributed by atoms with Gasteiger partial charge >= 0.3 is 0 Å². The summed E-state index contributed by atoms with van der Waals surface area (Å²) < 4.78 is 0. The molecule has 1 aromatic carbocycles. The minimum Gasteiger partial charge on any atom is -0.363 e. The second-order valence-electron chi connectivity index (χ2n) is 7.31. The Kier molecular flexibility index (Phi) is 3.98. The summed E-state index contributed by atoms with van der Waals surface area (Å²) in [4.78, 5) is 25.3. The predicted molar refractivity (Wildman–Crippen MR) is 87.9 cm³/mol. The van der Waals surface area contributed by atoms with Crippen LogP contribution < -0.4 is 10.9 Å². The van der Waals surface area contributed by atoms with Gasteiger partial charge in [-0.3, -0.25) is 20.3 Å². The molecule has 1 aliphatic carbocycles. The van der Waals surface area contributed by atoms with Crippen LogP contribution in [0, 0.1) is 16.0 Å². The third-order valence-corrected chi connectivity index (χ3v) is 5.91. The summed E-state index contributed by atoms with van der Waals surface area (Å²) in [6, 6.07) is 6.41. The molecule has 2 aliphatic heterocycles. The summed E-state index contributed by atoms with van der Waals surface area (Å²) in [7, 11) is 0. The number of carbonyl (C=O) groups is 1. The highest BCUT2D eigenvalue weighted by Crippen LogP contribution is 2.40. The molecule has 4 N–H and O–H groups in total. The van der Waals surface area contributed by atoms with Crippen LogP contribution in [0.1, 0.15) is 43.7 Å². The number of hydrogen-bond acceptors (Lipinski definition) is 5. The number of rotatable bonds is 3. The minimum absolute atomic E-state index is 0.0230. The number of non-ortho nitro benzene ring substituents is 1. The quantitative estimate of drug-likeness (QED) is 0.411. The molecular formula is C17H23N4O4+. The number of amides is 1. The number of nitrogens with one attached hydrogen (secondary N) is 1. The molecule has 1 amide bonds. The van der Waals surface area contributed by atoms with Gasteiger partial charge in [0, 0.05) is 30.3 Å². The van der Waals surface area contributed by atoms with Crippen molar-refractivity contribution in [3.8, 4) is 0 Å². The molecule has 8 heteroatoms. The van der Waals surface area contributed by atoms with Crippen LogP contribution in [-0.4, -0.2) is 39.1 Å². The van der Waals surface area contributed by atoms with Gasteiger partial charge in [0.05, 0.1) is 10.8 Å². The van der Waals surface area contributed by atoms with Crippen LogP contribution in [0.25, 0.3) is 0 Å². The zero-order chi connectivity index (χ0) is 17.6. The molecule has 0 spiro atoms. The van der Waals surface area contributed by atoms with Crippen LogP contribution >= 0.6 is 0 Å². The molecule has 25 heavy (non-hydrogen) atoms. The SMILES string of the molecule is O=C1N(C2CCCCC2)C[C@@H]2[C@H](c3cccc([N+](=O)[O-])c3)[NH2+]N[C@@]12O. The topological polar surface area (TPSA) is 112 Å². The van der Waals surface area contributed by atoms with Crippen LogP contribution in [0.2, 0.25) is 0 Å². The number of nitrogens with zero attached hydrogens (tertiary/aromatic N) is 2. The second-order valence-corrected chi connectivity index (χ2v) is 7.31. The fourth-order valence-electron chi connectivity index (χ4n) is 4.56. The van der Waals surface area contributed by atoms with Crippen molar-refractivity contribution in [3.05, 3.63) is 39.9 Å². The molecule has 1 aromatic rings. The van der Waals surface area contributed by atoms with E-state index in [1.54, 1.807) is 11.5 Å². The van der Waals surface area contributed by atoms with E-state index < -0.39 is 10.6 Å². The van der Waals surface area contributed by atoms with Crippen molar-refractivity contribution in [2.75, 3.05) is 6.54 Å². The molecule has 1 saturated carbocycles. The first-order chi connectivity index (χ1) is 12.0. The van der Waals surface area contributed by atoms with Crippen molar-refractivity contribution < 1.29 is 20.3 Å². The predicted octanol–water partition coefficient (Wildman–Crippen LogP) is 0.197. The van der Waals surface area contributed by atoms with Crippen LogP contribution in [0.15, 0.2) is 24.3 Å². The second kappa shape index (κ2) is 6.05. The molecule has 0 radical (unpaired) electrons. The van der Waals surface area contributed by atoms with Gasteiger partial charge in [0.25, 0.3) is 17.3 Å². The van der Waals surface area contributed by atoms with Crippen LogP contribution in [0.4, 0.5) is 5.69 Å². The molecule has 3 aliphatic rings. The van der Waals surface area contributed by atoms with Gasteiger partial charge in [0.2, 0.25) is 0 Å². The van der Waals surface area contributed by atoms with E-state index in [1.165, 1.54) is 18.6 Å². The fraction of sp³-hybridized carbons (Fsp3) is 0.588. The highest BCUT2D eigenvalue weighted by atomic mass is 16.6. The molecular weight excluding hydrogens is 324 g/mol. The number of aliphatic hydroxyl groups is 1. The first-order valence-electron chi connectivity index (χ1n) is 8.89. The summed E-state index contributed by atoms with van der Waals surface area (Å²) in [5.41, 5.74) is 3.77. The molecule has 2 heterocycles. The molecule has 0 bridgehead atoms. The van der Waals surface area contributed by atoms with Crippen molar-refractivity contribution in [1.29, 1.82) is 0 Å². The number of nitro groups is 1. The molecule has 0 unspecified atom stereocenters. The molecule has 8 nitrogen and oxygen atoms in total. The maximum Gasteiger partial charge on any atom is 0.275 e. The number of hydrogen-bond donors (Lipinski definition) is 3. The summed E-state index contributed by atoms with van der Waals surface area (Å²) in [5.74, 6) is -0.586. The summed E-state index contributed by atoms with van der Waals surface area (Å²) in [6.07, 6.45) is 5.41. The van der Waals surface area contributed by atoms with Crippen LogP contribution in [0.3, 0.4) is 0 Å². The standard InChI is InChI=1S/C17H22N4O4/c22-16-17(23)14(10-20(16)12-6-2-1-3-7-12)15(18-19-17)11-5-4-8-13(9-11)21(24)25/h4-5,8-9,12,14-15,18-19,23H,1-3,6-7,10H2/p+1/t14-,15+,17+/m1/s1. The highest BCUT2D eigenvalue weighted by molar-refractivity contribution is 5.87. The van der Waals surface area contributed by atoms with Crippen molar-refractivity contribution >= 4 is 11.6 Å². The summed E-state index contributed by atoms with van der Waals surface area (Å²) in [6.45, 7) is 0.483. The zero-order valence-electron chi connectivity index (χ0n) is 13.9. The van der Waals surface area contributed by atoms with Gasteiger partial charge in [-0.15, -0.1) is 5.43 Å². The monoisotopic (exact) mass is 347 g/mol. The van der Waals surface area contributed by atoms with E-state index in [2.05, 4.69) is 5.43 Å². The molecule has 0 aromatic heterocycles. The third kappa shape index (κ3) is 2.61. The minimum atomic E-state index is -1.59. The maximum atomic E-state index is 12.8. The van der Waals surface area contributed by atoms with Gasteiger partial charge in [-0.2, -0.15) is 0 Å². The Labute approximate surface area is 145 Å². The Bertz CT molecular complexity index is 706. The van der Waals surface area contributed by atoms with Crippen molar-refractivity contribution in [3.63, 3.8) is 0 Å². The number of quaternary nitrogens is 1. The lowest BCUT2D eigenvalue weighted by molar-refractivity contribution is -0.737. The number of nitro benzene ring substituents is 1. The number of nitrogens with two attached hydrogens (primary N) is 1. The largest absolute Gasteiger partial charge is 0.363 e. The van der Waals surface area contributed by atoms with Gasteiger partial charge in [0.15, 0.2) is 0 Å². The average molecular weight is 347 g/mol. The van der Waals surface area contributed by atoms with Gasteiger partial charge in [-0.05, 0) is 12.8 Å². The zero-order valence-corrected chi connectivity index (χ0v) is 13.9. The molecule has 3 fully saturated rings. The molecule has 4 rings (SSSR count). The first kappa shape index (κ1) is 16.4. The summed E-state index contributed by atoms with van der Waals surface area (Å²) in [5, 5.41) is 22.0. The number of likely N-dealkylation sites (tertiary alicyclic amines) is 1. The van der Waals surface area contributed by atoms with E-state index in [0.717, 1.165) is 31.2 Å². The van der Waals surface area contributed by atoms with E-state index in [1.807, 2.05) is 11.0 Å². The van der Waals surface area contributed by atoms with E-state index in [0.29, 0.717) is 6.54 Å². The normalized spacial score (nSPS) is 32.8. The Morgan fingerprint density at radius 1 is 1.32 bits per heavy atom. The molecule has 3 atom stereocenters. The maximum absolute atomic E-state index is 12.8. The Hall–Kier alpha value is -2.03. The lowest BCUT2D eigenvalue weighted by Gasteiger charge is -2.32. The third-order valence-electron chi connectivity index (χ3n) is 5.91. The average Bonchev–Trinajstić information content (AvgIpc) is 3.09. The van der Waals surface area contributed by atoms with Crippen LogP contribution in [-0.2, 0) is 4.79 Å². The summed E-state index contributed by atoms with van der Waals surface area (Å²) >= 11 is 0. The molecule has 2 saturated heterocycles. The first-order valence-corrected chi connectivity index (χ1v) is 8.89.